The predicted molar refractivity (Wildman–Crippen MR) is 76.9 cm³/mol. The second-order valence-corrected chi connectivity index (χ2v) is 4.82. The van der Waals surface area contributed by atoms with Crippen LogP contribution < -0.4 is 5.32 Å². The number of carbonyl (C=O) groups is 1. The van der Waals surface area contributed by atoms with Crippen LogP contribution >= 0.6 is 0 Å². The molecule has 0 saturated carbocycles. The predicted octanol–water partition coefficient (Wildman–Crippen LogP) is 1.80. The first-order valence-electron chi connectivity index (χ1n) is 6.84. The van der Waals surface area contributed by atoms with Gasteiger partial charge in [-0.25, -0.2) is 0 Å². The number of hydrogen-bond donors (Lipinski definition) is 1. The summed E-state index contributed by atoms with van der Waals surface area (Å²) in [5.41, 5.74) is 2.24. The molecule has 0 atom stereocenters. The summed E-state index contributed by atoms with van der Waals surface area (Å²) >= 11 is 0. The standard InChI is InChI=1S/C15H15N3O4/c1-10-2-4-11(5-3-10)8-13-17-18-15(22-13)16-14(19)12-9-20-6-7-21-12/h2-5,9H,6-8H2,1H3,(H,16,18,19). The maximum atomic E-state index is 11.9. The van der Waals surface area contributed by atoms with Crippen molar-refractivity contribution in [1.82, 2.24) is 10.2 Å². The zero-order chi connectivity index (χ0) is 15.4. The van der Waals surface area contributed by atoms with Gasteiger partial charge in [0.15, 0.2) is 0 Å². The number of carbonyl (C=O) groups excluding carboxylic acids is 1. The lowest BCUT2D eigenvalue weighted by atomic mass is 10.1. The Morgan fingerprint density at radius 2 is 2.05 bits per heavy atom. The van der Waals surface area contributed by atoms with E-state index in [1.165, 1.54) is 11.8 Å². The highest BCUT2D eigenvalue weighted by atomic mass is 16.6. The summed E-state index contributed by atoms with van der Waals surface area (Å²) in [7, 11) is 0. The number of ether oxygens (including phenoxy) is 2. The maximum Gasteiger partial charge on any atom is 0.322 e. The summed E-state index contributed by atoms with van der Waals surface area (Å²) in [5, 5.41) is 10.2. The number of benzene rings is 1. The van der Waals surface area contributed by atoms with Gasteiger partial charge in [0.2, 0.25) is 11.6 Å². The molecule has 0 aliphatic carbocycles. The Labute approximate surface area is 126 Å². The molecule has 114 valence electrons. The number of rotatable bonds is 4. The van der Waals surface area contributed by atoms with Crippen molar-refractivity contribution in [2.75, 3.05) is 18.5 Å². The van der Waals surface area contributed by atoms with Gasteiger partial charge in [-0.2, -0.15) is 0 Å². The fourth-order valence-electron chi connectivity index (χ4n) is 1.90. The number of anilines is 1. The van der Waals surface area contributed by atoms with Gasteiger partial charge in [0.05, 0.1) is 6.42 Å². The van der Waals surface area contributed by atoms with E-state index in [9.17, 15) is 4.79 Å². The summed E-state index contributed by atoms with van der Waals surface area (Å²) in [4.78, 5) is 11.9. The molecule has 2 aromatic rings. The van der Waals surface area contributed by atoms with E-state index in [0.717, 1.165) is 5.56 Å². The molecule has 0 spiro atoms. The number of aromatic nitrogens is 2. The lowest BCUT2D eigenvalue weighted by molar-refractivity contribution is -0.117. The van der Waals surface area contributed by atoms with Gasteiger partial charge in [0.1, 0.15) is 19.5 Å². The van der Waals surface area contributed by atoms with Crippen LogP contribution in [-0.4, -0.2) is 29.3 Å². The van der Waals surface area contributed by atoms with E-state index in [1.54, 1.807) is 0 Å². The van der Waals surface area contributed by atoms with Crippen LogP contribution in [0.1, 0.15) is 17.0 Å². The third-order valence-corrected chi connectivity index (χ3v) is 3.04. The first-order chi connectivity index (χ1) is 10.7. The van der Waals surface area contributed by atoms with Gasteiger partial charge in [-0.05, 0) is 12.5 Å². The van der Waals surface area contributed by atoms with E-state index in [1.807, 2.05) is 31.2 Å². The largest absolute Gasteiger partial charge is 0.494 e. The lowest BCUT2D eigenvalue weighted by Crippen LogP contribution is -2.21. The van der Waals surface area contributed by atoms with Crippen molar-refractivity contribution >= 4 is 11.9 Å². The normalized spacial score (nSPS) is 13.8. The topological polar surface area (TPSA) is 86.5 Å². The van der Waals surface area contributed by atoms with Crippen molar-refractivity contribution in [3.8, 4) is 0 Å². The molecule has 7 heteroatoms. The molecule has 0 bridgehead atoms. The van der Waals surface area contributed by atoms with Gasteiger partial charge in [0.25, 0.3) is 5.91 Å². The van der Waals surface area contributed by atoms with Gasteiger partial charge in [0, 0.05) is 0 Å². The maximum absolute atomic E-state index is 11.9. The minimum absolute atomic E-state index is 0.0298. The molecule has 1 aromatic carbocycles. The van der Waals surface area contributed by atoms with E-state index in [2.05, 4.69) is 15.5 Å². The average Bonchev–Trinajstić information content (AvgIpc) is 2.97. The van der Waals surface area contributed by atoms with Crippen LogP contribution in [0.15, 0.2) is 40.7 Å². The first kappa shape index (κ1) is 14.1. The van der Waals surface area contributed by atoms with Gasteiger partial charge in [-0.15, -0.1) is 5.10 Å². The molecule has 0 radical (unpaired) electrons. The van der Waals surface area contributed by atoms with Gasteiger partial charge < -0.3 is 13.9 Å². The molecule has 1 aromatic heterocycles. The van der Waals surface area contributed by atoms with Crippen molar-refractivity contribution in [2.45, 2.75) is 13.3 Å². The lowest BCUT2D eigenvalue weighted by Gasteiger charge is -2.13. The summed E-state index contributed by atoms with van der Waals surface area (Å²) in [6, 6.07) is 8.05. The molecule has 3 rings (SSSR count). The molecule has 1 aliphatic heterocycles. The average molecular weight is 301 g/mol. The quantitative estimate of drug-likeness (QED) is 0.926. The Bertz CT molecular complexity index is 691. The van der Waals surface area contributed by atoms with Gasteiger partial charge >= 0.3 is 6.01 Å². The van der Waals surface area contributed by atoms with Crippen LogP contribution in [-0.2, 0) is 20.7 Å². The van der Waals surface area contributed by atoms with E-state index >= 15 is 0 Å². The highest BCUT2D eigenvalue weighted by molar-refractivity contribution is 6.00. The summed E-state index contributed by atoms with van der Waals surface area (Å²) < 4.78 is 15.6. The van der Waals surface area contributed by atoms with E-state index in [4.69, 9.17) is 13.9 Å². The molecule has 0 unspecified atom stereocenters. The van der Waals surface area contributed by atoms with Crippen LogP contribution in [0.4, 0.5) is 6.01 Å². The van der Waals surface area contributed by atoms with Crippen molar-refractivity contribution in [3.63, 3.8) is 0 Å². The highest BCUT2D eigenvalue weighted by Gasteiger charge is 2.18. The fourth-order valence-corrected chi connectivity index (χ4v) is 1.90. The monoisotopic (exact) mass is 301 g/mol. The third-order valence-electron chi connectivity index (χ3n) is 3.04. The zero-order valence-electron chi connectivity index (χ0n) is 12.0. The van der Waals surface area contributed by atoms with Crippen molar-refractivity contribution in [2.24, 2.45) is 0 Å². The minimum Gasteiger partial charge on any atom is -0.494 e. The molecular formula is C15H15N3O4. The Balaban J connectivity index is 1.62. The second-order valence-electron chi connectivity index (χ2n) is 4.82. The summed E-state index contributed by atoms with van der Waals surface area (Å²) in [5.74, 6) is 0.0312. The zero-order valence-corrected chi connectivity index (χ0v) is 12.0. The van der Waals surface area contributed by atoms with Crippen LogP contribution in [0, 0.1) is 6.92 Å². The molecule has 1 N–H and O–H groups in total. The van der Waals surface area contributed by atoms with E-state index in [-0.39, 0.29) is 11.8 Å². The number of aryl methyl sites for hydroxylation is 1. The third kappa shape index (κ3) is 3.43. The van der Waals surface area contributed by atoms with Crippen LogP contribution in [0.3, 0.4) is 0 Å². The Morgan fingerprint density at radius 3 is 2.77 bits per heavy atom. The Kier molecular flexibility index (Phi) is 4.04. The SMILES string of the molecule is Cc1ccc(Cc2nnc(NC(=O)C3=COCCO3)o2)cc1. The smallest absolute Gasteiger partial charge is 0.322 e. The molecule has 0 saturated heterocycles. The van der Waals surface area contributed by atoms with E-state index < -0.39 is 5.91 Å². The van der Waals surface area contributed by atoms with Crippen molar-refractivity contribution in [1.29, 1.82) is 0 Å². The number of nitrogens with one attached hydrogen (secondary N) is 1. The van der Waals surface area contributed by atoms with Crippen LogP contribution in [0.25, 0.3) is 0 Å². The van der Waals surface area contributed by atoms with Gasteiger partial charge in [-0.1, -0.05) is 34.9 Å². The first-order valence-corrected chi connectivity index (χ1v) is 6.84. The number of nitrogens with zero attached hydrogens (tertiary/aromatic N) is 2. The summed E-state index contributed by atoms with van der Waals surface area (Å²) in [6.45, 7) is 2.79. The Morgan fingerprint density at radius 1 is 1.23 bits per heavy atom. The summed E-state index contributed by atoms with van der Waals surface area (Å²) in [6.07, 6.45) is 1.77. The minimum atomic E-state index is -0.481. The molecule has 0 fully saturated rings. The fraction of sp³-hybridized carbons (Fsp3) is 0.267. The van der Waals surface area contributed by atoms with E-state index in [0.29, 0.717) is 25.5 Å². The molecule has 22 heavy (non-hydrogen) atoms. The van der Waals surface area contributed by atoms with Crippen molar-refractivity contribution < 1.29 is 18.7 Å². The van der Waals surface area contributed by atoms with Crippen LogP contribution in [0.5, 0.6) is 0 Å². The highest BCUT2D eigenvalue weighted by Crippen LogP contribution is 2.13. The molecule has 1 aliphatic rings. The molecule has 2 heterocycles. The molecule has 1 amide bonds. The second kappa shape index (κ2) is 6.30. The van der Waals surface area contributed by atoms with Crippen LogP contribution in [0.2, 0.25) is 0 Å². The Hall–Kier alpha value is -2.83. The van der Waals surface area contributed by atoms with Gasteiger partial charge in [-0.3, -0.25) is 10.1 Å². The molecular weight excluding hydrogens is 286 g/mol. The number of amides is 1. The molecule has 7 nitrogen and oxygen atoms in total. The van der Waals surface area contributed by atoms with Crippen molar-refractivity contribution in [3.05, 3.63) is 53.3 Å². The number of hydrogen-bond acceptors (Lipinski definition) is 6.